The minimum atomic E-state index is -0.695. The zero-order valence-corrected chi connectivity index (χ0v) is 16.6. The minimum Gasteiger partial charge on any atom is -0.445 e. The van der Waals surface area contributed by atoms with Crippen molar-refractivity contribution >= 4 is 29.5 Å². The number of nitrogens with one attached hydrogen (secondary N) is 4. The van der Waals surface area contributed by atoms with Gasteiger partial charge in [-0.15, -0.1) is 0 Å². The van der Waals surface area contributed by atoms with E-state index >= 15 is 0 Å². The van der Waals surface area contributed by atoms with Gasteiger partial charge in [0, 0.05) is 19.2 Å². The van der Waals surface area contributed by atoms with Crippen LogP contribution in [0, 0.1) is 5.92 Å². The Morgan fingerprint density at radius 2 is 1.68 bits per heavy atom. The predicted molar refractivity (Wildman–Crippen MR) is 104 cm³/mol. The molecular weight excluding hydrogens is 364 g/mol. The fraction of sp³-hybridized carbons (Fsp3) is 0.474. The molecule has 1 aromatic rings. The van der Waals surface area contributed by atoms with Crippen molar-refractivity contribution in [2.75, 3.05) is 18.9 Å². The highest BCUT2D eigenvalue weighted by atomic mass is 16.5. The third-order valence-electron chi connectivity index (χ3n) is 3.82. The van der Waals surface area contributed by atoms with E-state index in [1.807, 2.05) is 13.8 Å². The van der Waals surface area contributed by atoms with Crippen LogP contribution < -0.4 is 21.3 Å². The number of benzene rings is 1. The lowest BCUT2D eigenvalue weighted by Crippen LogP contribution is -2.50. The molecule has 0 aliphatic carbocycles. The van der Waals surface area contributed by atoms with E-state index in [1.165, 1.54) is 7.05 Å². The maximum absolute atomic E-state index is 12.2. The monoisotopic (exact) mass is 392 g/mol. The van der Waals surface area contributed by atoms with Crippen LogP contribution in [0.25, 0.3) is 0 Å². The van der Waals surface area contributed by atoms with Crippen LogP contribution in [-0.2, 0) is 25.7 Å². The van der Waals surface area contributed by atoms with Crippen molar-refractivity contribution < 1.29 is 23.9 Å². The van der Waals surface area contributed by atoms with Gasteiger partial charge < -0.3 is 26.0 Å². The highest BCUT2D eigenvalue weighted by Gasteiger charge is 2.23. The Morgan fingerprint density at radius 1 is 1.04 bits per heavy atom. The number of alkyl carbamates (subject to hydrolysis) is 1. The molecule has 0 radical (unpaired) electrons. The first-order valence-electron chi connectivity index (χ1n) is 9.07. The van der Waals surface area contributed by atoms with Gasteiger partial charge in [0.1, 0.15) is 12.6 Å². The first-order valence-corrected chi connectivity index (χ1v) is 9.07. The van der Waals surface area contributed by atoms with E-state index in [2.05, 4.69) is 21.3 Å². The lowest BCUT2D eigenvalue weighted by atomic mass is 10.0. The van der Waals surface area contributed by atoms with E-state index in [4.69, 9.17) is 4.74 Å². The predicted octanol–water partition coefficient (Wildman–Crippen LogP) is 1.15. The first-order chi connectivity index (χ1) is 13.3. The molecule has 0 saturated heterocycles. The van der Waals surface area contributed by atoms with E-state index in [9.17, 15) is 19.2 Å². The van der Waals surface area contributed by atoms with E-state index in [1.54, 1.807) is 31.2 Å². The zero-order valence-electron chi connectivity index (χ0n) is 16.6. The molecule has 4 amide bonds. The third kappa shape index (κ3) is 8.07. The lowest BCUT2D eigenvalue weighted by molar-refractivity contribution is -0.130. The summed E-state index contributed by atoms with van der Waals surface area (Å²) in [6.07, 6.45) is -0.246. The van der Waals surface area contributed by atoms with Crippen molar-refractivity contribution in [3.05, 3.63) is 29.8 Å². The summed E-state index contributed by atoms with van der Waals surface area (Å²) >= 11 is 0. The van der Waals surface area contributed by atoms with Gasteiger partial charge >= 0.3 is 6.09 Å². The molecule has 9 nitrogen and oxygen atoms in total. The molecule has 28 heavy (non-hydrogen) atoms. The standard InChI is InChI=1S/C19H28N4O5/c1-5-15(24)23-17(12(2)3)18(26)21-10-16(25)22-14-8-6-13(7-9-14)11-28-19(27)20-4/h6-9,12,17H,5,10-11H2,1-4H3,(H,20,27)(H,21,26)(H,22,25)(H,23,24). The molecule has 0 aliphatic rings. The highest BCUT2D eigenvalue weighted by molar-refractivity contribution is 5.96. The number of hydrogen-bond acceptors (Lipinski definition) is 5. The fourth-order valence-electron chi connectivity index (χ4n) is 2.20. The van der Waals surface area contributed by atoms with Gasteiger partial charge in [-0.2, -0.15) is 0 Å². The maximum atomic E-state index is 12.2. The Bertz CT molecular complexity index is 688. The normalized spacial score (nSPS) is 11.3. The van der Waals surface area contributed by atoms with Gasteiger partial charge in [-0.25, -0.2) is 4.79 Å². The molecule has 154 valence electrons. The Labute approximate surface area is 164 Å². The molecule has 0 saturated carbocycles. The number of ether oxygens (including phenoxy) is 1. The molecule has 0 aliphatic heterocycles. The average Bonchev–Trinajstić information content (AvgIpc) is 2.68. The maximum Gasteiger partial charge on any atom is 0.407 e. The molecule has 1 aromatic carbocycles. The summed E-state index contributed by atoms with van der Waals surface area (Å²) in [5, 5.41) is 10.2. The quantitative estimate of drug-likeness (QED) is 0.502. The van der Waals surface area contributed by atoms with Crippen LogP contribution in [0.5, 0.6) is 0 Å². The van der Waals surface area contributed by atoms with Crippen LogP contribution in [0.4, 0.5) is 10.5 Å². The Balaban J connectivity index is 2.49. The van der Waals surface area contributed by atoms with Crippen LogP contribution in [0.3, 0.4) is 0 Å². The second-order valence-corrected chi connectivity index (χ2v) is 6.43. The number of carbonyl (C=O) groups excluding carboxylic acids is 4. The van der Waals surface area contributed by atoms with Crippen LogP contribution in [0.1, 0.15) is 32.8 Å². The van der Waals surface area contributed by atoms with Gasteiger partial charge in [-0.3, -0.25) is 14.4 Å². The summed E-state index contributed by atoms with van der Waals surface area (Å²) < 4.78 is 4.93. The molecule has 1 atom stereocenters. The molecule has 0 aromatic heterocycles. The molecule has 1 unspecified atom stereocenters. The molecule has 4 N–H and O–H groups in total. The summed E-state index contributed by atoms with van der Waals surface area (Å²) in [7, 11) is 1.47. The van der Waals surface area contributed by atoms with E-state index in [-0.39, 0.29) is 31.4 Å². The topological polar surface area (TPSA) is 126 Å². The van der Waals surface area contributed by atoms with Gasteiger partial charge in [0.15, 0.2) is 0 Å². The molecule has 0 bridgehead atoms. The molecule has 9 heteroatoms. The summed E-state index contributed by atoms with van der Waals surface area (Å²) in [5.74, 6) is -1.14. The van der Waals surface area contributed by atoms with Gasteiger partial charge in [0.2, 0.25) is 17.7 Å². The van der Waals surface area contributed by atoms with Crippen molar-refractivity contribution in [3.8, 4) is 0 Å². The van der Waals surface area contributed by atoms with Crippen molar-refractivity contribution in [2.24, 2.45) is 5.92 Å². The van der Waals surface area contributed by atoms with Gasteiger partial charge in [0.05, 0.1) is 6.54 Å². The lowest BCUT2D eigenvalue weighted by Gasteiger charge is -2.21. The molecule has 0 heterocycles. The summed E-state index contributed by atoms with van der Waals surface area (Å²) in [5.41, 5.74) is 1.31. The SMILES string of the molecule is CCC(=O)NC(C(=O)NCC(=O)Nc1ccc(COC(=O)NC)cc1)C(C)C. The Hall–Kier alpha value is -3.10. The third-order valence-corrected chi connectivity index (χ3v) is 3.82. The second-order valence-electron chi connectivity index (χ2n) is 6.43. The van der Waals surface area contributed by atoms with E-state index in [0.29, 0.717) is 5.69 Å². The fourth-order valence-corrected chi connectivity index (χ4v) is 2.20. The van der Waals surface area contributed by atoms with Gasteiger partial charge in [0.25, 0.3) is 0 Å². The average molecular weight is 392 g/mol. The molecular formula is C19H28N4O5. The van der Waals surface area contributed by atoms with Crippen LogP contribution >= 0.6 is 0 Å². The number of carbonyl (C=O) groups is 4. The van der Waals surface area contributed by atoms with Crippen molar-refractivity contribution in [2.45, 2.75) is 39.8 Å². The van der Waals surface area contributed by atoms with E-state index < -0.39 is 23.9 Å². The summed E-state index contributed by atoms with van der Waals surface area (Å²) in [4.78, 5) is 46.9. The number of hydrogen-bond donors (Lipinski definition) is 4. The molecule has 0 spiro atoms. The van der Waals surface area contributed by atoms with Gasteiger partial charge in [-0.05, 0) is 23.6 Å². The number of anilines is 1. The summed E-state index contributed by atoms with van der Waals surface area (Å²) in [6, 6.07) is 6.07. The smallest absolute Gasteiger partial charge is 0.407 e. The van der Waals surface area contributed by atoms with Crippen LogP contribution in [-0.4, -0.2) is 43.4 Å². The molecule has 1 rings (SSSR count). The van der Waals surface area contributed by atoms with Crippen molar-refractivity contribution in [1.29, 1.82) is 0 Å². The first kappa shape index (κ1) is 22.9. The largest absolute Gasteiger partial charge is 0.445 e. The van der Waals surface area contributed by atoms with Crippen LogP contribution in [0.15, 0.2) is 24.3 Å². The van der Waals surface area contributed by atoms with Crippen molar-refractivity contribution in [1.82, 2.24) is 16.0 Å². The van der Waals surface area contributed by atoms with E-state index in [0.717, 1.165) is 5.56 Å². The van der Waals surface area contributed by atoms with Gasteiger partial charge in [-0.1, -0.05) is 32.9 Å². The second kappa shape index (κ2) is 11.6. The molecule has 0 fully saturated rings. The Kier molecular flexibility index (Phi) is 9.49. The highest BCUT2D eigenvalue weighted by Crippen LogP contribution is 2.10. The number of rotatable bonds is 9. The van der Waals surface area contributed by atoms with Crippen molar-refractivity contribution in [3.63, 3.8) is 0 Å². The number of amides is 4. The Morgan fingerprint density at radius 3 is 2.21 bits per heavy atom. The minimum absolute atomic E-state index is 0.108. The summed E-state index contributed by atoms with van der Waals surface area (Å²) in [6.45, 7) is 5.23. The van der Waals surface area contributed by atoms with Crippen LogP contribution in [0.2, 0.25) is 0 Å². The zero-order chi connectivity index (χ0) is 21.1.